The highest BCUT2D eigenvalue weighted by atomic mass is 35.5. The van der Waals surface area contributed by atoms with Gasteiger partial charge in [-0.25, -0.2) is 0 Å². The van der Waals surface area contributed by atoms with Crippen molar-refractivity contribution in [1.29, 1.82) is 0 Å². The number of rotatable bonds is 7. The standard InChI is InChI=1S/C21H25ClN2O2S/c1-16(18-4-8-20(9-5-18)24-10-12-26-13-11-24)23-21(25)15-27-14-17-2-6-19(22)7-3-17/h2-9,16H,10-15H2,1H3,(H,23,25). The molecule has 1 atom stereocenters. The lowest BCUT2D eigenvalue weighted by molar-refractivity contribution is -0.119. The fourth-order valence-electron chi connectivity index (χ4n) is 3.00. The first kappa shape index (κ1) is 20.1. The first-order chi connectivity index (χ1) is 13.1. The van der Waals surface area contributed by atoms with Crippen LogP contribution in [0.4, 0.5) is 5.69 Å². The number of thioether (sulfide) groups is 1. The van der Waals surface area contributed by atoms with Crippen molar-refractivity contribution in [1.82, 2.24) is 5.32 Å². The summed E-state index contributed by atoms with van der Waals surface area (Å²) >= 11 is 7.49. The van der Waals surface area contributed by atoms with E-state index in [-0.39, 0.29) is 11.9 Å². The Kier molecular flexibility index (Phi) is 7.44. The predicted molar refractivity (Wildman–Crippen MR) is 114 cm³/mol. The number of carbonyl (C=O) groups excluding carboxylic acids is 1. The van der Waals surface area contributed by atoms with Gasteiger partial charge in [-0.2, -0.15) is 0 Å². The van der Waals surface area contributed by atoms with E-state index < -0.39 is 0 Å². The number of hydrogen-bond acceptors (Lipinski definition) is 4. The van der Waals surface area contributed by atoms with Crippen molar-refractivity contribution in [3.8, 4) is 0 Å². The van der Waals surface area contributed by atoms with Crippen LogP contribution < -0.4 is 10.2 Å². The SMILES string of the molecule is CC(NC(=O)CSCc1ccc(Cl)cc1)c1ccc(N2CCOCC2)cc1. The molecule has 0 aromatic heterocycles. The van der Waals surface area contributed by atoms with Gasteiger partial charge in [0.15, 0.2) is 0 Å². The third-order valence-corrected chi connectivity index (χ3v) is 5.82. The molecule has 0 saturated carbocycles. The Bertz CT molecular complexity index is 731. The summed E-state index contributed by atoms with van der Waals surface area (Å²) in [4.78, 5) is 14.5. The molecular formula is C21H25ClN2O2S. The summed E-state index contributed by atoms with van der Waals surface area (Å²) < 4.78 is 5.40. The molecule has 1 fully saturated rings. The number of carbonyl (C=O) groups is 1. The van der Waals surface area contributed by atoms with Gasteiger partial charge in [0.05, 0.1) is 25.0 Å². The molecule has 1 heterocycles. The molecule has 1 saturated heterocycles. The van der Waals surface area contributed by atoms with Crippen molar-refractivity contribution in [3.63, 3.8) is 0 Å². The second kappa shape index (κ2) is 10.0. The fourth-order valence-corrected chi connectivity index (χ4v) is 3.93. The van der Waals surface area contributed by atoms with Gasteiger partial charge >= 0.3 is 0 Å². The lowest BCUT2D eigenvalue weighted by Crippen LogP contribution is -2.36. The van der Waals surface area contributed by atoms with E-state index >= 15 is 0 Å². The maximum absolute atomic E-state index is 12.2. The molecule has 1 aliphatic heterocycles. The Morgan fingerprint density at radius 1 is 1.15 bits per heavy atom. The summed E-state index contributed by atoms with van der Waals surface area (Å²) in [5.41, 5.74) is 3.49. The van der Waals surface area contributed by atoms with Crippen LogP contribution in [-0.2, 0) is 15.3 Å². The largest absolute Gasteiger partial charge is 0.378 e. The third kappa shape index (κ3) is 6.16. The highest BCUT2D eigenvalue weighted by Gasteiger charge is 2.13. The van der Waals surface area contributed by atoms with Crippen LogP contribution in [-0.4, -0.2) is 38.0 Å². The molecule has 0 spiro atoms. The summed E-state index contributed by atoms with van der Waals surface area (Å²) in [6.45, 7) is 5.43. The molecule has 1 unspecified atom stereocenters. The number of halogens is 1. The van der Waals surface area contributed by atoms with Crippen molar-refractivity contribution in [2.75, 3.05) is 37.0 Å². The Labute approximate surface area is 170 Å². The third-order valence-electron chi connectivity index (χ3n) is 4.56. The topological polar surface area (TPSA) is 41.6 Å². The predicted octanol–water partition coefficient (Wildman–Crippen LogP) is 4.29. The van der Waals surface area contributed by atoms with Gasteiger partial charge in [-0.05, 0) is 42.3 Å². The number of morpholine rings is 1. The number of hydrogen-bond donors (Lipinski definition) is 1. The van der Waals surface area contributed by atoms with Gasteiger partial charge in [0.2, 0.25) is 5.91 Å². The summed E-state index contributed by atoms with van der Waals surface area (Å²) in [7, 11) is 0. The van der Waals surface area contributed by atoms with Crippen molar-refractivity contribution in [3.05, 3.63) is 64.7 Å². The minimum atomic E-state index is -0.00706. The molecule has 1 amide bonds. The number of amides is 1. The van der Waals surface area contributed by atoms with Crippen LogP contribution >= 0.6 is 23.4 Å². The van der Waals surface area contributed by atoms with Crippen LogP contribution in [0.3, 0.4) is 0 Å². The number of nitrogens with zero attached hydrogens (tertiary/aromatic N) is 1. The number of nitrogens with one attached hydrogen (secondary N) is 1. The Hall–Kier alpha value is -1.69. The average Bonchev–Trinajstić information content (AvgIpc) is 2.70. The van der Waals surface area contributed by atoms with Gasteiger partial charge in [-0.3, -0.25) is 4.79 Å². The number of ether oxygens (including phenoxy) is 1. The molecule has 0 bridgehead atoms. The first-order valence-electron chi connectivity index (χ1n) is 9.16. The van der Waals surface area contributed by atoms with Crippen LogP contribution in [0.1, 0.15) is 24.1 Å². The molecule has 1 aliphatic rings. The van der Waals surface area contributed by atoms with Gasteiger partial charge in [0, 0.05) is 29.6 Å². The van der Waals surface area contributed by atoms with Crippen molar-refractivity contribution >= 4 is 35.0 Å². The molecular weight excluding hydrogens is 380 g/mol. The number of anilines is 1. The zero-order valence-corrected chi connectivity index (χ0v) is 17.1. The minimum Gasteiger partial charge on any atom is -0.378 e. The average molecular weight is 405 g/mol. The lowest BCUT2D eigenvalue weighted by Gasteiger charge is -2.29. The van der Waals surface area contributed by atoms with Gasteiger partial charge in [-0.1, -0.05) is 35.9 Å². The van der Waals surface area contributed by atoms with Crippen molar-refractivity contribution < 1.29 is 9.53 Å². The van der Waals surface area contributed by atoms with E-state index in [0.29, 0.717) is 5.75 Å². The molecule has 2 aromatic rings. The second-order valence-electron chi connectivity index (χ2n) is 6.60. The normalized spacial score (nSPS) is 15.4. The quantitative estimate of drug-likeness (QED) is 0.747. The highest BCUT2D eigenvalue weighted by Crippen LogP contribution is 2.21. The maximum atomic E-state index is 12.2. The fraction of sp³-hybridized carbons (Fsp3) is 0.381. The molecule has 1 N–H and O–H groups in total. The number of benzene rings is 2. The van der Waals surface area contributed by atoms with E-state index in [1.165, 1.54) is 11.3 Å². The van der Waals surface area contributed by atoms with E-state index in [1.54, 1.807) is 11.8 Å². The highest BCUT2D eigenvalue weighted by molar-refractivity contribution is 7.99. The van der Waals surface area contributed by atoms with Gasteiger partial charge < -0.3 is 15.0 Å². The minimum absolute atomic E-state index is 0.00706. The van der Waals surface area contributed by atoms with Gasteiger partial charge in [-0.15, -0.1) is 11.8 Å². The van der Waals surface area contributed by atoms with Gasteiger partial charge in [0.1, 0.15) is 0 Å². The first-order valence-corrected chi connectivity index (χ1v) is 10.7. The van der Waals surface area contributed by atoms with E-state index in [1.807, 2.05) is 31.2 Å². The van der Waals surface area contributed by atoms with Crippen LogP contribution in [0.25, 0.3) is 0 Å². The molecule has 3 rings (SSSR count). The summed E-state index contributed by atoms with van der Waals surface area (Å²) in [6, 6.07) is 16.2. The van der Waals surface area contributed by atoms with Crippen LogP contribution in [0.15, 0.2) is 48.5 Å². The van der Waals surface area contributed by atoms with E-state index in [0.717, 1.165) is 42.6 Å². The van der Waals surface area contributed by atoms with Crippen LogP contribution in [0, 0.1) is 0 Å². The van der Waals surface area contributed by atoms with Crippen molar-refractivity contribution in [2.24, 2.45) is 0 Å². The van der Waals surface area contributed by atoms with E-state index in [2.05, 4.69) is 34.5 Å². The molecule has 27 heavy (non-hydrogen) atoms. The molecule has 144 valence electrons. The lowest BCUT2D eigenvalue weighted by atomic mass is 10.1. The second-order valence-corrected chi connectivity index (χ2v) is 8.02. The Balaban J connectivity index is 1.44. The van der Waals surface area contributed by atoms with E-state index in [9.17, 15) is 4.79 Å². The summed E-state index contributed by atoms with van der Waals surface area (Å²) in [5, 5.41) is 3.81. The molecule has 4 nitrogen and oxygen atoms in total. The van der Waals surface area contributed by atoms with Crippen molar-refractivity contribution in [2.45, 2.75) is 18.7 Å². The summed E-state index contributed by atoms with van der Waals surface area (Å²) in [6.07, 6.45) is 0. The maximum Gasteiger partial charge on any atom is 0.230 e. The molecule has 0 aliphatic carbocycles. The smallest absolute Gasteiger partial charge is 0.230 e. The zero-order chi connectivity index (χ0) is 19.1. The van der Waals surface area contributed by atoms with E-state index in [4.69, 9.17) is 16.3 Å². The Morgan fingerprint density at radius 3 is 2.48 bits per heavy atom. The monoisotopic (exact) mass is 404 g/mol. The molecule has 6 heteroatoms. The molecule has 0 radical (unpaired) electrons. The van der Waals surface area contributed by atoms with Gasteiger partial charge in [0.25, 0.3) is 0 Å². The van der Waals surface area contributed by atoms with Crippen LogP contribution in [0.2, 0.25) is 5.02 Å². The Morgan fingerprint density at radius 2 is 1.81 bits per heavy atom. The summed E-state index contributed by atoms with van der Waals surface area (Å²) in [5.74, 6) is 1.30. The molecule has 2 aromatic carbocycles. The van der Waals surface area contributed by atoms with Crippen LogP contribution in [0.5, 0.6) is 0 Å². The zero-order valence-electron chi connectivity index (χ0n) is 15.5.